The first-order chi connectivity index (χ1) is 13.3. The molecule has 3 rings (SSSR count). The van der Waals surface area contributed by atoms with Gasteiger partial charge in [0.25, 0.3) is 5.91 Å². The predicted octanol–water partition coefficient (Wildman–Crippen LogP) is 2.11. The molecule has 8 heteroatoms. The molecule has 0 saturated carbocycles. The van der Waals surface area contributed by atoms with Crippen LogP contribution >= 0.6 is 0 Å². The number of anilines is 1. The lowest BCUT2D eigenvalue weighted by atomic mass is 10.2. The van der Waals surface area contributed by atoms with Crippen LogP contribution < -0.4 is 19.1 Å². The number of sulfonamides is 1. The number of hydrogen-bond donors (Lipinski definition) is 1. The summed E-state index contributed by atoms with van der Waals surface area (Å²) in [7, 11) is -3.54. The molecule has 2 aromatic rings. The molecule has 0 saturated heterocycles. The monoisotopic (exact) mass is 404 g/mol. The van der Waals surface area contributed by atoms with Gasteiger partial charge in [0.15, 0.2) is 6.10 Å². The Balaban J connectivity index is 1.65. The molecule has 0 aromatic heterocycles. The van der Waals surface area contributed by atoms with Crippen molar-refractivity contribution in [2.75, 3.05) is 23.7 Å². The molecule has 1 aliphatic rings. The van der Waals surface area contributed by atoms with Crippen LogP contribution in [0.5, 0.6) is 11.5 Å². The van der Waals surface area contributed by atoms with Crippen LogP contribution in [0.15, 0.2) is 48.5 Å². The van der Waals surface area contributed by atoms with Gasteiger partial charge in [0.2, 0.25) is 10.0 Å². The van der Waals surface area contributed by atoms with Gasteiger partial charge in [-0.3, -0.25) is 9.10 Å². The van der Waals surface area contributed by atoms with Crippen molar-refractivity contribution >= 4 is 21.6 Å². The summed E-state index contributed by atoms with van der Waals surface area (Å²) in [5, 5.41) is 2.83. The largest absolute Gasteiger partial charge is 0.491 e. The van der Waals surface area contributed by atoms with Crippen LogP contribution in [0.4, 0.5) is 5.69 Å². The Morgan fingerprint density at radius 1 is 1.25 bits per heavy atom. The summed E-state index contributed by atoms with van der Waals surface area (Å²) in [6.07, 6.45) is 0.174. The van der Waals surface area contributed by atoms with Crippen molar-refractivity contribution in [1.82, 2.24) is 5.32 Å². The summed E-state index contributed by atoms with van der Waals surface area (Å²) < 4.78 is 37.0. The fourth-order valence-electron chi connectivity index (χ4n) is 2.96. The Morgan fingerprint density at radius 3 is 2.64 bits per heavy atom. The van der Waals surface area contributed by atoms with Gasteiger partial charge in [-0.25, -0.2) is 8.42 Å². The number of carbonyl (C=O) groups is 1. The zero-order valence-corrected chi connectivity index (χ0v) is 16.9. The summed E-state index contributed by atoms with van der Waals surface area (Å²) in [4.78, 5) is 12.7. The molecule has 0 unspecified atom stereocenters. The molecular formula is C20H24N2O5S. The Bertz CT molecular complexity index is 961. The number of fused-ring (bicyclic) bond motifs is 1. The van der Waals surface area contributed by atoms with Gasteiger partial charge in [-0.05, 0) is 37.6 Å². The SMILES string of the molecule is Cc1ccccc1OC[C@@H](C)NC(=O)[C@H]1CN(S(C)(=O)=O)c2ccccc2O1. The number of aryl methyl sites for hydroxylation is 1. The van der Waals surface area contributed by atoms with Crippen LogP contribution in [0, 0.1) is 6.92 Å². The number of nitrogens with zero attached hydrogens (tertiary/aromatic N) is 1. The van der Waals surface area contributed by atoms with E-state index in [2.05, 4.69) is 5.32 Å². The minimum atomic E-state index is -3.54. The van der Waals surface area contributed by atoms with Gasteiger partial charge in [-0.2, -0.15) is 0 Å². The fraction of sp³-hybridized carbons (Fsp3) is 0.350. The Morgan fingerprint density at radius 2 is 1.93 bits per heavy atom. The molecule has 0 bridgehead atoms. The van der Waals surface area contributed by atoms with Crippen molar-refractivity contribution < 1.29 is 22.7 Å². The third-order valence-corrected chi connectivity index (χ3v) is 5.55. The maximum Gasteiger partial charge on any atom is 0.263 e. The molecule has 150 valence electrons. The number of para-hydroxylation sites is 3. The van der Waals surface area contributed by atoms with E-state index in [0.717, 1.165) is 17.6 Å². The first kappa shape index (κ1) is 20.0. The third-order valence-electron chi connectivity index (χ3n) is 4.40. The second kappa shape index (κ2) is 8.10. The number of nitrogens with one attached hydrogen (secondary N) is 1. The van der Waals surface area contributed by atoms with E-state index in [1.165, 1.54) is 4.31 Å². The summed E-state index contributed by atoms with van der Waals surface area (Å²) in [5.41, 5.74) is 1.45. The van der Waals surface area contributed by atoms with Gasteiger partial charge in [0, 0.05) is 0 Å². The van der Waals surface area contributed by atoms with Crippen molar-refractivity contribution in [2.24, 2.45) is 0 Å². The predicted molar refractivity (Wildman–Crippen MR) is 107 cm³/mol. The minimum absolute atomic E-state index is 0.0763. The maximum atomic E-state index is 12.7. The zero-order chi connectivity index (χ0) is 20.3. The zero-order valence-electron chi connectivity index (χ0n) is 16.1. The average molecular weight is 404 g/mol. The van der Waals surface area contributed by atoms with E-state index in [1.807, 2.05) is 38.1 Å². The van der Waals surface area contributed by atoms with Gasteiger partial charge in [-0.1, -0.05) is 30.3 Å². The minimum Gasteiger partial charge on any atom is -0.491 e. The van der Waals surface area contributed by atoms with Crippen molar-refractivity contribution in [2.45, 2.75) is 26.0 Å². The van der Waals surface area contributed by atoms with Crippen molar-refractivity contribution in [3.8, 4) is 11.5 Å². The fourth-order valence-corrected chi connectivity index (χ4v) is 3.88. The van der Waals surface area contributed by atoms with Crippen LogP contribution in [0.1, 0.15) is 12.5 Å². The number of ether oxygens (including phenoxy) is 2. The second-order valence-electron chi connectivity index (χ2n) is 6.85. The first-order valence-corrected chi connectivity index (χ1v) is 10.8. The molecule has 1 aliphatic heterocycles. The number of rotatable bonds is 6. The number of hydrogen-bond acceptors (Lipinski definition) is 5. The van der Waals surface area contributed by atoms with Crippen molar-refractivity contribution in [3.05, 3.63) is 54.1 Å². The van der Waals surface area contributed by atoms with Gasteiger partial charge >= 0.3 is 0 Å². The normalized spacial score (nSPS) is 17.2. The lowest BCUT2D eigenvalue weighted by molar-refractivity contribution is -0.128. The lowest BCUT2D eigenvalue weighted by Gasteiger charge is -2.34. The highest BCUT2D eigenvalue weighted by Gasteiger charge is 2.35. The summed E-state index contributed by atoms with van der Waals surface area (Å²) in [5.74, 6) is 0.738. The Hall–Kier alpha value is -2.74. The molecule has 1 amide bonds. The molecule has 2 aromatic carbocycles. The van der Waals surface area contributed by atoms with Crippen molar-refractivity contribution in [3.63, 3.8) is 0 Å². The van der Waals surface area contributed by atoms with Crippen LogP contribution in [-0.4, -0.2) is 45.9 Å². The molecular weight excluding hydrogens is 380 g/mol. The van der Waals surface area contributed by atoms with Gasteiger partial charge < -0.3 is 14.8 Å². The number of benzene rings is 2. The van der Waals surface area contributed by atoms with E-state index in [-0.39, 0.29) is 25.1 Å². The van der Waals surface area contributed by atoms with E-state index in [1.54, 1.807) is 24.3 Å². The Labute approximate surface area is 165 Å². The quantitative estimate of drug-likeness (QED) is 0.797. The second-order valence-corrected chi connectivity index (χ2v) is 8.76. The smallest absolute Gasteiger partial charge is 0.263 e. The highest BCUT2D eigenvalue weighted by atomic mass is 32.2. The van der Waals surface area contributed by atoms with E-state index < -0.39 is 16.1 Å². The molecule has 0 aliphatic carbocycles. The molecule has 2 atom stereocenters. The summed E-state index contributed by atoms with van der Waals surface area (Å²) in [6.45, 7) is 3.98. The molecule has 0 radical (unpaired) electrons. The Kier molecular flexibility index (Phi) is 5.79. The molecule has 0 spiro atoms. The van der Waals surface area contributed by atoms with Crippen LogP contribution in [0.3, 0.4) is 0 Å². The molecule has 28 heavy (non-hydrogen) atoms. The maximum absolute atomic E-state index is 12.7. The highest BCUT2D eigenvalue weighted by Crippen LogP contribution is 2.34. The molecule has 7 nitrogen and oxygen atoms in total. The topological polar surface area (TPSA) is 84.9 Å². The van der Waals surface area contributed by atoms with E-state index in [0.29, 0.717) is 11.4 Å². The molecule has 1 N–H and O–H groups in total. The first-order valence-electron chi connectivity index (χ1n) is 8.98. The standard InChI is InChI=1S/C20H24N2O5S/c1-14-8-4-6-10-17(14)26-13-15(2)21-20(23)19-12-22(28(3,24)25)16-9-5-7-11-18(16)27-19/h4-11,15,19H,12-13H2,1-3H3,(H,21,23)/t15-,19-/m1/s1. The van der Waals surface area contributed by atoms with E-state index >= 15 is 0 Å². The third kappa shape index (κ3) is 4.56. The molecule has 0 fully saturated rings. The highest BCUT2D eigenvalue weighted by molar-refractivity contribution is 7.92. The van der Waals surface area contributed by atoms with Gasteiger partial charge in [0.05, 0.1) is 24.5 Å². The van der Waals surface area contributed by atoms with Crippen LogP contribution in [0.25, 0.3) is 0 Å². The average Bonchev–Trinajstić information content (AvgIpc) is 2.65. The summed E-state index contributed by atoms with van der Waals surface area (Å²) in [6, 6.07) is 14.1. The molecule has 1 heterocycles. The lowest BCUT2D eigenvalue weighted by Crippen LogP contribution is -2.52. The van der Waals surface area contributed by atoms with Gasteiger partial charge in [0.1, 0.15) is 18.1 Å². The summed E-state index contributed by atoms with van der Waals surface area (Å²) >= 11 is 0. The van der Waals surface area contributed by atoms with Crippen molar-refractivity contribution in [1.29, 1.82) is 0 Å². The van der Waals surface area contributed by atoms with Crippen LogP contribution in [0.2, 0.25) is 0 Å². The van der Waals surface area contributed by atoms with E-state index in [9.17, 15) is 13.2 Å². The number of amides is 1. The number of carbonyl (C=O) groups excluding carboxylic acids is 1. The van der Waals surface area contributed by atoms with Gasteiger partial charge in [-0.15, -0.1) is 0 Å². The van der Waals surface area contributed by atoms with Crippen LogP contribution in [-0.2, 0) is 14.8 Å². The van der Waals surface area contributed by atoms with E-state index in [4.69, 9.17) is 9.47 Å².